The van der Waals surface area contributed by atoms with Gasteiger partial charge in [-0.25, -0.2) is 0 Å². The van der Waals surface area contributed by atoms with E-state index in [-0.39, 0.29) is 0 Å². The molecule has 1 N–H and O–H groups in total. The molecular weight excluding hydrogens is 277 g/mol. The number of nitrogens with one attached hydrogen (secondary N) is 1. The highest BCUT2D eigenvalue weighted by Crippen LogP contribution is 2.21. The smallest absolute Gasteiger partial charge is 0.0767 e. The highest BCUT2D eigenvalue weighted by molar-refractivity contribution is 9.10. The quantitative estimate of drug-likeness (QED) is 0.846. The molecule has 1 heterocycles. The maximum atomic E-state index is 5.73. The molecule has 0 saturated heterocycles. The van der Waals surface area contributed by atoms with E-state index in [9.17, 15) is 0 Å². The first-order chi connectivity index (χ1) is 7.10. The lowest BCUT2D eigenvalue weighted by Gasteiger charge is -2.10. The van der Waals surface area contributed by atoms with E-state index in [4.69, 9.17) is 11.6 Å². The molecule has 0 aromatic carbocycles. The molecule has 0 spiro atoms. The molecule has 0 radical (unpaired) electrons. The van der Waals surface area contributed by atoms with Gasteiger partial charge in [0.15, 0.2) is 0 Å². The van der Waals surface area contributed by atoms with Gasteiger partial charge in [-0.2, -0.15) is 5.10 Å². The van der Waals surface area contributed by atoms with Crippen molar-refractivity contribution < 1.29 is 0 Å². The second kappa shape index (κ2) is 5.87. The maximum Gasteiger partial charge on any atom is 0.0767 e. The summed E-state index contributed by atoms with van der Waals surface area (Å²) in [6.45, 7) is 4.96. The SMILES string of the molecule is CCc1nn(C)c(CNC(C)CCl)c1Br. The Morgan fingerprint density at radius 1 is 1.60 bits per heavy atom. The fourth-order valence-electron chi connectivity index (χ4n) is 1.34. The molecule has 0 bridgehead atoms. The van der Waals surface area contributed by atoms with Gasteiger partial charge in [0.25, 0.3) is 0 Å². The minimum Gasteiger partial charge on any atom is -0.307 e. The zero-order chi connectivity index (χ0) is 11.4. The van der Waals surface area contributed by atoms with Gasteiger partial charge in [-0.15, -0.1) is 11.6 Å². The van der Waals surface area contributed by atoms with Crippen molar-refractivity contribution in [1.82, 2.24) is 15.1 Å². The Hall–Kier alpha value is -0.0600. The van der Waals surface area contributed by atoms with Gasteiger partial charge in [0.05, 0.1) is 15.9 Å². The largest absolute Gasteiger partial charge is 0.307 e. The molecule has 0 fully saturated rings. The minimum atomic E-state index is 0.318. The van der Waals surface area contributed by atoms with Crippen LogP contribution < -0.4 is 5.32 Å². The third kappa shape index (κ3) is 3.20. The van der Waals surface area contributed by atoms with E-state index in [0.717, 1.165) is 23.1 Å². The molecule has 1 aromatic rings. The molecule has 15 heavy (non-hydrogen) atoms. The minimum absolute atomic E-state index is 0.318. The molecule has 0 amide bonds. The van der Waals surface area contributed by atoms with E-state index in [0.29, 0.717) is 11.9 Å². The Labute approximate surface area is 104 Å². The number of aryl methyl sites for hydroxylation is 2. The fraction of sp³-hybridized carbons (Fsp3) is 0.700. The average Bonchev–Trinajstić information content (AvgIpc) is 2.51. The second-order valence-electron chi connectivity index (χ2n) is 3.62. The van der Waals surface area contributed by atoms with Crippen LogP contribution in [0.5, 0.6) is 0 Å². The molecule has 1 atom stereocenters. The van der Waals surface area contributed by atoms with Gasteiger partial charge in [-0.1, -0.05) is 6.92 Å². The van der Waals surface area contributed by atoms with Crippen LogP contribution in [0.25, 0.3) is 0 Å². The van der Waals surface area contributed by atoms with Gasteiger partial charge < -0.3 is 5.32 Å². The highest BCUT2D eigenvalue weighted by atomic mass is 79.9. The summed E-state index contributed by atoms with van der Waals surface area (Å²) in [5.74, 6) is 0.621. The molecule has 1 aromatic heterocycles. The molecule has 0 aliphatic rings. The summed E-state index contributed by atoms with van der Waals surface area (Å²) in [6.07, 6.45) is 0.944. The van der Waals surface area contributed by atoms with Crippen molar-refractivity contribution in [2.75, 3.05) is 5.88 Å². The van der Waals surface area contributed by atoms with E-state index in [2.05, 4.69) is 40.2 Å². The zero-order valence-electron chi connectivity index (χ0n) is 9.35. The summed E-state index contributed by atoms with van der Waals surface area (Å²) in [7, 11) is 1.96. The van der Waals surface area contributed by atoms with Crippen LogP contribution in [0.2, 0.25) is 0 Å². The van der Waals surface area contributed by atoms with Crippen LogP contribution >= 0.6 is 27.5 Å². The average molecular weight is 295 g/mol. The van der Waals surface area contributed by atoms with Gasteiger partial charge in [-0.05, 0) is 29.3 Å². The molecule has 86 valence electrons. The van der Waals surface area contributed by atoms with Crippen LogP contribution in [0, 0.1) is 0 Å². The topological polar surface area (TPSA) is 29.9 Å². The Morgan fingerprint density at radius 3 is 2.73 bits per heavy atom. The lowest BCUT2D eigenvalue weighted by molar-refractivity contribution is 0.561. The lowest BCUT2D eigenvalue weighted by Crippen LogP contribution is -2.27. The van der Waals surface area contributed by atoms with E-state index in [1.165, 1.54) is 5.69 Å². The number of alkyl halides is 1. The van der Waals surface area contributed by atoms with Gasteiger partial charge in [0.2, 0.25) is 0 Å². The summed E-state index contributed by atoms with van der Waals surface area (Å²) in [6, 6.07) is 0.318. The molecule has 3 nitrogen and oxygen atoms in total. The van der Waals surface area contributed by atoms with Crippen LogP contribution in [-0.4, -0.2) is 21.7 Å². The summed E-state index contributed by atoms with van der Waals surface area (Å²) in [4.78, 5) is 0. The molecule has 5 heteroatoms. The summed E-state index contributed by atoms with van der Waals surface area (Å²) in [5.41, 5.74) is 2.27. The van der Waals surface area contributed by atoms with Crippen molar-refractivity contribution in [3.05, 3.63) is 15.9 Å². The van der Waals surface area contributed by atoms with E-state index >= 15 is 0 Å². The van der Waals surface area contributed by atoms with Crippen molar-refractivity contribution in [2.45, 2.75) is 32.9 Å². The molecule has 1 unspecified atom stereocenters. The Kier molecular flexibility index (Phi) is 5.09. The molecule has 0 saturated carbocycles. The third-order valence-corrected chi connectivity index (χ3v) is 3.73. The number of hydrogen-bond donors (Lipinski definition) is 1. The number of aromatic nitrogens is 2. The van der Waals surface area contributed by atoms with Crippen molar-refractivity contribution in [3.8, 4) is 0 Å². The first-order valence-corrected chi connectivity index (χ1v) is 6.42. The van der Waals surface area contributed by atoms with Gasteiger partial charge in [-0.3, -0.25) is 4.68 Å². The van der Waals surface area contributed by atoms with Crippen LogP contribution in [0.4, 0.5) is 0 Å². The lowest BCUT2D eigenvalue weighted by atomic mass is 10.3. The van der Waals surface area contributed by atoms with E-state index in [1.54, 1.807) is 0 Å². The van der Waals surface area contributed by atoms with Gasteiger partial charge in [0.1, 0.15) is 0 Å². The van der Waals surface area contributed by atoms with E-state index < -0.39 is 0 Å². The summed E-state index contributed by atoms with van der Waals surface area (Å²) < 4.78 is 3.03. The number of hydrogen-bond acceptors (Lipinski definition) is 2. The maximum absolute atomic E-state index is 5.73. The molecule has 0 aliphatic heterocycles. The van der Waals surface area contributed by atoms with Crippen molar-refractivity contribution in [1.29, 1.82) is 0 Å². The van der Waals surface area contributed by atoms with Crippen molar-refractivity contribution >= 4 is 27.5 Å². The Balaban J connectivity index is 2.72. The predicted octanol–water partition coefficient (Wildman–Crippen LogP) is 2.46. The Bertz CT molecular complexity index is 325. The van der Waals surface area contributed by atoms with E-state index in [1.807, 2.05) is 11.7 Å². The molecule has 0 aliphatic carbocycles. The standard InChI is InChI=1S/C10H17BrClN3/c1-4-8-10(11)9(15(3)14-8)6-13-7(2)5-12/h7,13H,4-6H2,1-3H3. The second-order valence-corrected chi connectivity index (χ2v) is 4.72. The predicted molar refractivity (Wildman–Crippen MR) is 67.3 cm³/mol. The van der Waals surface area contributed by atoms with Crippen LogP contribution in [0.15, 0.2) is 4.47 Å². The monoisotopic (exact) mass is 293 g/mol. The summed E-state index contributed by atoms with van der Waals surface area (Å²) >= 11 is 9.31. The number of nitrogens with zero attached hydrogens (tertiary/aromatic N) is 2. The van der Waals surface area contributed by atoms with Gasteiger partial charge in [0, 0.05) is 25.5 Å². The zero-order valence-corrected chi connectivity index (χ0v) is 11.7. The van der Waals surface area contributed by atoms with Crippen LogP contribution in [0.3, 0.4) is 0 Å². The molecular formula is C10H17BrClN3. The summed E-state index contributed by atoms with van der Waals surface area (Å²) in [5, 5.41) is 7.77. The first-order valence-electron chi connectivity index (χ1n) is 5.09. The fourth-order valence-corrected chi connectivity index (χ4v) is 2.20. The normalized spacial score (nSPS) is 13.1. The third-order valence-electron chi connectivity index (χ3n) is 2.35. The molecule has 1 rings (SSSR count). The Morgan fingerprint density at radius 2 is 2.27 bits per heavy atom. The van der Waals surface area contributed by atoms with Crippen LogP contribution in [0.1, 0.15) is 25.2 Å². The highest BCUT2D eigenvalue weighted by Gasteiger charge is 2.12. The van der Waals surface area contributed by atoms with Crippen molar-refractivity contribution in [3.63, 3.8) is 0 Å². The number of halogens is 2. The van der Waals surface area contributed by atoms with Gasteiger partial charge >= 0.3 is 0 Å². The van der Waals surface area contributed by atoms with Crippen molar-refractivity contribution in [2.24, 2.45) is 7.05 Å². The van der Waals surface area contributed by atoms with Crippen LogP contribution in [-0.2, 0) is 20.0 Å². The first kappa shape index (κ1) is 13.0. The number of rotatable bonds is 5.